The molecule has 18 rings (SSSR count). The molecule has 4 heterocycles. The number of aryl methyl sites for hydroxylation is 2. The summed E-state index contributed by atoms with van der Waals surface area (Å²) >= 11 is 10.8. The van der Waals surface area contributed by atoms with Crippen LogP contribution in [-0.2, 0) is 32.5 Å². The average Bonchev–Trinajstić information content (AvgIpc) is 1.66. The highest BCUT2D eigenvalue weighted by Gasteiger charge is 2.47. The van der Waals surface area contributed by atoms with Crippen molar-refractivity contribution >= 4 is 222 Å². The second kappa shape index (κ2) is 33.3. The third kappa shape index (κ3) is 17.5. The highest BCUT2D eigenvalue weighted by atomic mass is 127. The van der Waals surface area contributed by atoms with Gasteiger partial charge in [-0.05, 0) is 256 Å². The molecule has 16 aromatic rings. The third-order valence-corrected chi connectivity index (χ3v) is 26.3. The Hall–Kier alpha value is -8.96. The smallest absolute Gasteiger partial charge is 0.311 e. The lowest BCUT2D eigenvalue weighted by Crippen LogP contribution is -2.60. The van der Waals surface area contributed by atoms with Gasteiger partial charge in [0.25, 0.3) is 6.71 Å². The van der Waals surface area contributed by atoms with Crippen LogP contribution in [0.5, 0.6) is 0 Å². The molecule has 2 aromatic heterocycles. The molecule has 11 heteroatoms. The first-order valence-electron chi connectivity index (χ1n) is 42.4. The van der Waals surface area contributed by atoms with Crippen LogP contribution in [0.4, 0.5) is 68.2 Å². The summed E-state index contributed by atoms with van der Waals surface area (Å²) in [5.74, 6) is 0. The molecule has 0 unspecified atom stereocenters. The topological polar surface area (TPSA) is 13.0 Å². The second-order valence-corrected chi connectivity index (χ2v) is 52.1. The van der Waals surface area contributed by atoms with E-state index in [0.717, 1.165) is 28.7 Å². The van der Waals surface area contributed by atoms with Crippen molar-refractivity contribution in [3.8, 4) is 22.3 Å². The number of benzene rings is 14. The molecular weight excluding hydrogens is 1840 g/mol. The van der Waals surface area contributed by atoms with Crippen molar-refractivity contribution in [1.29, 1.82) is 0 Å². The van der Waals surface area contributed by atoms with Gasteiger partial charge in [0, 0.05) is 87.0 Å². The Labute approximate surface area is 768 Å². The Kier molecular flexibility index (Phi) is 23.5. The number of nitrogens with zero attached hydrogens (tertiary/aromatic N) is 4. The van der Waals surface area contributed by atoms with Crippen molar-refractivity contribution in [3.63, 3.8) is 0 Å². The van der Waals surface area contributed by atoms with Gasteiger partial charge in [0.1, 0.15) is 0 Å². The van der Waals surface area contributed by atoms with E-state index >= 15 is 0 Å². The van der Waals surface area contributed by atoms with Crippen molar-refractivity contribution < 1.29 is 0 Å². The monoisotopic (exact) mass is 1950 g/mol. The van der Waals surface area contributed by atoms with E-state index in [1.54, 1.807) is 0 Å². The minimum Gasteiger partial charge on any atom is -0.311 e. The number of rotatable bonds is 10. The zero-order chi connectivity index (χ0) is 85.7. The van der Waals surface area contributed by atoms with Crippen LogP contribution in [-0.4, -0.2) is 6.99 Å². The number of hydrogen-bond acceptors (Lipinski definition) is 6. The molecule has 0 saturated heterocycles. The molecular formula is C110H109B2I3N4S2. The van der Waals surface area contributed by atoms with Gasteiger partial charge in [-0.2, -0.15) is 0 Å². The summed E-state index contributed by atoms with van der Waals surface area (Å²) in [6, 6.07) is 110. The van der Waals surface area contributed by atoms with Crippen LogP contribution in [0, 0.1) is 13.8 Å². The Morgan fingerprint density at radius 3 is 1.22 bits per heavy atom. The van der Waals surface area contributed by atoms with E-state index in [2.05, 4.69) is 522 Å². The van der Waals surface area contributed by atoms with Crippen LogP contribution in [0.15, 0.2) is 297 Å². The predicted octanol–water partition coefficient (Wildman–Crippen LogP) is 33.1. The molecule has 14 aromatic carbocycles. The number of hydrogen-bond donors (Lipinski definition) is 0. The van der Waals surface area contributed by atoms with Crippen molar-refractivity contribution in [3.05, 3.63) is 341 Å². The summed E-state index contributed by atoms with van der Waals surface area (Å²) in [5.41, 5.74) is 32.5. The predicted molar refractivity (Wildman–Crippen MR) is 562 cm³/mol. The largest absolute Gasteiger partial charge is 0.355 e. The lowest BCUT2D eigenvalue weighted by Gasteiger charge is -2.44. The van der Waals surface area contributed by atoms with Crippen LogP contribution in [0.2, 0.25) is 0 Å². The maximum absolute atomic E-state index is 2.65. The van der Waals surface area contributed by atoms with Crippen molar-refractivity contribution in [1.82, 2.24) is 0 Å². The van der Waals surface area contributed by atoms with Crippen molar-refractivity contribution in [2.24, 2.45) is 0 Å². The van der Waals surface area contributed by atoms with Crippen LogP contribution >= 0.6 is 89.8 Å². The summed E-state index contributed by atoms with van der Waals surface area (Å²) in [4.78, 5) is 10.2. The van der Waals surface area contributed by atoms with E-state index in [1.807, 2.05) is 22.7 Å². The first-order chi connectivity index (χ1) is 57.3. The molecule has 0 aliphatic carbocycles. The quantitative estimate of drug-likeness (QED) is 0.0999. The minimum absolute atomic E-state index is 0.00573. The molecule has 0 atom stereocenters. The van der Waals surface area contributed by atoms with E-state index in [9.17, 15) is 0 Å². The molecule has 2 aliphatic rings. The SMILES string of the molecule is Cc1cc(N(c2ccc(C(C)(C)C)cc2)c2ccc(C(C)(C)C)cc2)cc(N(c2ccc(C(C)(C)C)cc2-c2ccccc2)c2csc3cc4ccccc4cc23)c1.Cc1cc2c3c(c1)N(c1ccc(C(C)(C)C)cc1-c1ccccc1)c1c(sc4cc5ccccc5cc14)B3c1cc(C(C)(C)C)ccc1N2c1ccc(C(C)(C)C)cc1.IB(I)I. The summed E-state index contributed by atoms with van der Waals surface area (Å²) in [6.45, 7) is 46.0. The molecule has 2 aliphatic heterocycles. The van der Waals surface area contributed by atoms with Crippen molar-refractivity contribution in [2.45, 2.75) is 171 Å². The zero-order valence-electron chi connectivity index (χ0n) is 73.7. The maximum Gasteiger partial charge on any atom is 0.355 e. The molecule has 121 heavy (non-hydrogen) atoms. The Bertz CT molecular complexity index is 6490. The fourth-order valence-electron chi connectivity index (χ4n) is 17.5. The summed E-state index contributed by atoms with van der Waals surface area (Å²) in [5, 5.41) is 9.97. The normalized spacial score (nSPS) is 12.9. The molecule has 0 saturated carbocycles. The van der Waals surface area contributed by atoms with Gasteiger partial charge in [-0.15, -0.1) is 89.8 Å². The van der Waals surface area contributed by atoms with Gasteiger partial charge in [0.05, 0.1) is 22.7 Å². The highest BCUT2D eigenvalue weighted by Crippen LogP contribution is 2.54. The van der Waals surface area contributed by atoms with Crippen molar-refractivity contribution in [2.75, 3.05) is 19.6 Å². The van der Waals surface area contributed by atoms with Gasteiger partial charge < -0.3 is 19.6 Å². The zero-order valence-corrected chi connectivity index (χ0v) is 81.8. The Morgan fingerprint density at radius 1 is 0.322 bits per heavy atom. The Morgan fingerprint density at radius 2 is 0.719 bits per heavy atom. The minimum atomic E-state index is -0.0109. The first-order valence-corrected chi connectivity index (χ1v) is 47.9. The molecule has 0 bridgehead atoms. The average molecular weight is 1950 g/mol. The van der Waals surface area contributed by atoms with Gasteiger partial charge in [-0.1, -0.05) is 294 Å². The van der Waals surface area contributed by atoms with Gasteiger partial charge >= 0.3 is 0.282 Å². The number of anilines is 12. The lowest BCUT2D eigenvalue weighted by atomic mass is 9.36. The molecule has 0 fully saturated rings. The molecule has 4 nitrogen and oxygen atoms in total. The number of thiophene rings is 2. The maximum atomic E-state index is 2.65. The Balaban J connectivity index is 0.000000172. The van der Waals surface area contributed by atoms with Crippen LogP contribution in [0.25, 0.3) is 64.0 Å². The standard InChI is InChI=1S/C55H53BN2S.C55H56N2S.BI3/c1-34-28-47-50-48(29-34)58(45-26-22-39(54(5,6)7)32-42(45)35-16-12-11-13-17-35)51-43-30-36-18-14-15-19-37(36)31-49(43)59-52(51)56(50)44-33-40(55(8,9)10)23-27-46(44)57(47)41-24-20-38(21-25-41)53(2,3)4;1-37-30-46(56(44-25-20-41(21-26-44)53(2,3)4)45-27-22-42(23-28-45)54(5,6)7)35-47(31-37)57(51-36-58-52-33-40-19-15-14-18-39(40)32-49(51)52)50-29-24-43(55(8,9)10)34-48(50)38-16-12-11-13-17-38;2-1(3)4/h11-33H,1-10H3;11-36H,1-10H3;. The molecule has 608 valence electrons. The van der Waals surface area contributed by atoms with Crippen LogP contribution < -0.4 is 35.3 Å². The fourth-order valence-corrected chi connectivity index (χ4v) is 19.8. The van der Waals surface area contributed by atoms with E-state index in [4.69, 9.17) is 0 Å². The van der Waals surface area contributed by atoms with Gasteiger partial charge in [-0.25, -0.2) is 0 Å². The first kappa shape index (κ1) is 85.6. The summed E-state index contributed by atoms with van der Waals surface area (Å²) in [7, 11) is 0. The van der Waals surface area contributed by atoms with Gasteiger partial charge in [0.15, 0.2) is 0 Å². The van der Waals surface area contributed by atoms with Crippen LogP contribution in [0.1, 0.15) is 169 Å². The lowest BCUT2D eigenvalue weighted by molar-refractivity contribution is 0.590. The molecule has 0 amide bonds. The van der Waals surface area contributed by atoms with E-state index < -0.39 is 0 Å². The fraction of sp³-hybridized carbons (Fsp3) is 0.236. The number of fused-ring (bicyclic) bond motifs is 9. The second-order valence-electron chi connectivity index (χ2n) is 39.2. The molecule has 0 radical (unpaired) electrons. The molecule has 0 spiro atoms. The summed E-state index contributed by atoms with van der Waals surface area (Å²) in [6.07, 6.45) is 0. The summed E-state index contributed by atoms with van der Waals surface area (Å²) < 4.78 is 4.75. The van der Waals surface area contributed by atoms with Gasteiger partial charge in [0.2, 0.25) is 0 Å². The van der Waals surface area contributed by atoms with Crippen LogP contribution in [0.3, 0.4) is 0 Å². The van der Waals surface area contributed by atoms with Gasteiger partial charge in [-0.3, -0.25) is 0 Å². The van der Waals surface area contributed by atoms with E-state index in [-0.39, 0.29) is 39.2 Å². The third-order valence-electron chi connectivity index (χ3n) is 24.1. The van der Waals surface area contributed by atoms with E-state index in [0.29, 0.717) is 0 Å². The van der Waals surface area contributed by atoms with E-state index in [1.165, 1.54) is 164 Å². The molecule has 0 N–H and O–H groups in total. The highest BCUT2D eigenvalue weighted by molar-refractivity contribution is 14.4. The number of halogens is 3.